The van der Waals surface area contributed by atoms with Crippen LogP contribution in [0.25, 0.3) is 0 Å². The van der Waals surface area contributed by atoms with Crippen molar-refractivity contribution in [3.8, 4) is 0 Å². The van der Waals surface area contributed by atoms with E-state index < -0.39 is 10.0 Å². The van der Waals surface area contributed by atoms with E-state index in [4.69, 9.17) is 0 Å². The minimum absolute atomic E-state index is 0.0344. The maximum atomic E-state index is 12.6. The quantitative estimate of drug-likeness (QED) is 0.660. The van der Waals surface area contributed by atoms with Crippen LogP contribution in [0.2, 0.25) is 0 Å². The van der Waals surface area contributed by atoms with Gasteiger partial charge < -0.3 is 10.2 Å². The summed E-state index contributed by atoms with van der Waals surface area (Å²) in [7, 11) is -3.39. The Balaban J connectivity index is 1.80. The van der Waals surface area contributed by atoms with Crippen LogP contribution in [0.5, 0.6) is 0 Å². The first-order valence-electron chi connectivity index (χ1n) is 10.1. The van der Waals surface area contributed by atoms with E-state index in [9.17, 15) is 13.2 Å². The van der Waals surface area contributed by atoms with E-state index in [1.807, 2.05) is 12.1 Å². The van der Waals surface area contributed by atoms with Gasteiger partial charge in [0.2, 0.25) is 15.9 Å². The van der Waals surface area contributed by atoms with Crippen molar-refractivity contribution >= 4 is 15.9 Å². The number of sulfonamides is 1. The van der Waals surface area contributed by atoms with E-state index in [0.717, 1.165) is 44.5 Å². The number of piperidine rings is 1. The number of nitrogens with zero attached hydrogens (tertiary/aromatic N) is 2. The van der Waals surface area contributed by atoms with Crippen molar-refractivity contribution in [1.82, 2.24) is 14.5 Å². The lowest BCUT2D eigenvalue weighted by Gasteiger charge is -2.25. The fraction of sp³-hybridized carbons (Fsp3) is 0.650. The molecule has 0 aromatic heterocycles. The van der Waals surface area contributed by atoms with Crippen LogP contribution in [0.1, 0.15) is 45.1 Å². The van der Waals surface area contributed by atoms with Crippen LogP contribution in [0.3, 0.4) is 0 Å². The largest absolute Gasteiger partial charge is 0.355 e. The lowest BCUT2D eigenvalue weighted by molar-refractivity contribution is -0.121. The second-order valence-corrected chi connectivity index (χ2v) is 8.92. The van der Waals surface area contributed by atoms with Gasteiger partial charge in [0.1, 0.15) is 0 Å². The Kier molecular flexibility index (Phi) is 8.73. The topological polar surface area (TPSA) is 69.7 Å². The standard InChI is InChI=1S/C20H33N3O3S/c1-3-22(4-2)17-14-21-20(24)13-10-18-8-11-19(12-9-18)27(25,26)23-15-6-5-7-16-23/h8-9,11-12H,3-7,10,13-17H2,1-2H3,(H,21,24). The van der Waals surface area contributed by atoms with Gasteiger partial charge in [0, 0.05) is 32.6 Å². The predicted molar refractivity (Wildman–Crippen MR) is 108 cm³/mol. The van der Waals surface area contributed by atoms with E-state index in [0.29, 0.717) is 37.4 Å². The van der Waals surface area contributed by atoms with E-state index in [1.165, 1.54) is 0 Å². The monoisotopic (exact) mass is 395 g/mol. The van der Waals surface area contributed by atoms with Gasteiger partial charge in [-0.25, -0.2) is 8.42 Å². The highest BCUT2D eigenvalue weighted by atomic mass is 32.2. The molecule has 1 fully saturated rings. The number of hydrogen-bond acceptors (Lipinski definition) is 4. The van der Waals surface area contributed by atoms with Gasteiger partial charge in [-0.05, 0) is 50.0 Å². The van der Waals surface area contributed by atoms with E-state index in [1.54, 1.807) is 16.4 Å². The number of amides is 1. The molecule has 6 nitrogen and oxygen atoms in total. The number of nitrogens with one attached hydrogen (secondary N) is 1. The summed E-state index contributed by atoms with van der Waals surface area (Å²) in [5, 5.41) is 2.95. The van der Waals surface area contributed by atoms with Crippen LogP contribution in [-0.4, -0.2) is 62.8 Å². The van der Waals surface area contributed by atoms with E-state index in [2.05, 4.69) is 24.1 Å². The van der Waals surface area contributed by atoms with Crippen LogP contribution in [-0.2, 0) is 21.2 Å². The first kappa shape index (κ1) is 21.9. The number of carbonyl (C=O) groups excluding carboxylic acids is 1. The molecule has 1 heterocycles. The molecule has 27 heavy (non-hydrogen) atoms. The molecule has 1 aromatic rings. The summed E-state index contributed by atoms with van der Waals surface area (Å²) in [6.45, 7) is 8.93. The third-order valence-electron chi connectivity index (χ3n) is 5.16. The molecule has 0 bridgehead atoms. The Morgan fingerprint density at radius 1 is 1.07 bits per heavy atom. The number of hydrogen-bond donors (Lipinski definition) is 1. The Labute approximate surface area is 164 Å². The van der Waals surface area contributed by atoms with Crippen LogP contribution in [0.4, 0.5) is 0 Å². The van der Waals surface area contributed by atoms with Gasteiger partial charge in [-0.3, -0.25) is 4.79 Å². The van der Waals surface area contributed by atoms with Crippen LogP contribution >= 0.6 is 0 Å². The van der Waals surface area contributed by atoms with Crippen molar-refractivity contribution in [2.45, 2.75) is 50.8 Å². The lowest BCUT2D eigenvalue weighted by Crippen LogP contribution is -2.35. The summed E-state index contributed by atoms with van der Waals surface area (Å²) in [6, 6.07) is 6.97. The zero-order valence-electron chi connectivity index (χ0n) is 16.6. The van der Waals surface area contributed by atoms with Crippen molar-refractivity contribution in [2.24, 2.45) is 0 Å². The van der Waals surface area contributed by atoms with Crippen LogP contribution < -0.4 is 5.32 Å². The Bertz CT molecular complexity index is 679. The minimum atomic E-state index is -3.39. The summed E-state index contributed by atoms with van der Waals surface area (Å²) in [6.07, 6.45) is 3.99. The Morgan fingerprint density at radius 3 is 2.30 bits per heavy atom. The van der Waals surface area contributed by atoms with Crippen molar-refractivity contribution < 1.29 is 13.2 Å². The van der Waals surface area contributed by atoms with E-state index >= 15 is 0 Å². The maximum Gasteiger partial charge on any atom is 0.243 e. The van der Waals surface area contributed by atoms with Gasteiger partial charge in [-0.15, -0.1) is 0 Å². The van der Waals surface area contributed by atoms with Crippen molar-refractivity contribution in [3.05, 3.63) is 29.8 Å². The first-order chi connectivity index (χ1) is 13.0. The molecule has 0 saturated carbocycles. The molecule has 1 amide bonds. The Morgan fingerprint density at radius 2 is 1.70 bits per heavy atom. The van der Waals surface area contributed by atoms with Crippen molar-refractivity contribution in [2.75, 3.05) is 39.3 Å². The zero-order chi connectivity index (χ0) is 19.7. The highest BCUT2D eigenvalue weighted by Gasteiger charge is 2.25. The summed E-state index contributed by atoms with van der Waals surface area (Å²) >= 11 is 0. The first-order valence-corrected chi connectivity index (χ1v) is 11.5. The molecule has 7 heteroatoms. The van der Waals surface area contributed by atoms with Crippen LogP contribution in [0, 0.1) is 0 Å². The molecule has 0 unspecified atom stereocenters. The molecule has 0 aliphatic carbocycles. The number of rotatable bonds is 10. The molecule has 1 N–H and O–H groups in total. The molecule has 0 spiro atoms. The highest BCUT2D eigenvalue weighted by Crippen LogP contribution is 2.21. The van der Waals surface area contributed by atoms with Gasteiger partial charge >= 0.3 is 0 Å². The Hall–Kier alpha value is -1.44. The normalized spacial score (nSPS) is 15.8. The van der Waals surface area contributed by atoms with Crippen molar-refractivity contribution in [3.63, 3.8) is 0 Å². The third kappa shape index (κ3) is 6.59. The van der Waals surface area contributed by atoms with Gasteiger partial charge in [0.25, 0.3) is 0 Å². The van der Waals surface area contributed by atoms with E-state index in [-0.39, 0.29) is 5.91 Å². The van der Waals surface area contributed by atoms with Gasteiger partial charge in [-0.2, -0.15) is 4.31 Å². The van der Waals surface area contributed by atoms with Gasteiger partial charge in [0.15, 0.2) is 0 Å². The molecule has 1 saturated heterocycles. The van der Waals surface area contributed by atoms with Gasteiger partial charge in [-0.1, -0.05) is 32.4 Å². The fourth-order valence-corrected chi connectivity index (χ4v) is 4.84. The summed E-state index contributed by atoms with van der Waals surface area (Å²) < 4.78 is 26.9. The lowest BCUT2D eigenvalue weighted by atomic mass is 10.1. The summed E-state index contributed by atoms with van der Waals surface area (Å²) in [4.78, 5) is 14.6. The number of aryl methyl sites for hydroxylation is 1. The minimum Gasteiger partial charge on any atom is -0.355 e. The SMILES string of the molecule is CCN(CC)CCNC(=O)CCc1ccc(S(=O)(=O)N2CCCCC2)cc1. The maximum absolute atomic E-state index is 12.6. The molecule has 1 aliphatic rings. The average molecular weight is 396 g/mol. The van der Waals surface area contributed by atoms with Gasteiger partial charge in [0.05, 0.1) is 4.90 Å². The highest BCUT2D eigenvalue weighted by molar-refractivity contribution is 7.89. The second-order valence-electron chi connectivity index (χ2n) is 6.99. The molecule has 1 aromatic carbocycles. The summed E-state index contributed by atoms with van der Waals surface area (Å²) in [5.41, 5.74) is 0.978. The fourth-order valence-electron chi connectivity index (χ4n) is 3.32. The number of likely N-dealkylation sites (N-methyl/N-ethyl adjacent to an activating group) is 1. The smallest absolute Gasteiger partial charge is 0.243 e. The molecular weight excluding hydrogens is 362 g/mol. The molecule has 152 valence electrons. The molecular formula is C20H33N3O3S. The molecule has 0 radical (unpaired) electrons. The molecule has 0 atom stereocenters. The third-order valence-corrected chi connectivity index (χ3v) is 7.07. The molecule has 1 aliphatic heterocycles. The van der Waals surface area contributed by atoms with Crippen molar-refractivity contribution in [1.29, 1.82) is 0 Å². The molecule has 2 rings (SSSR count). The predicted octanol–water partition coefficient (Wildman–Crippen LogP) is 2.25. The number of benzene rings is 1. The summed E-state index contributed by atoms with van der Waals surface area (Å²) in [5.74, 6) is 0.0344. The average Bonchev–Trinajstić information content (AvgIpc) is 2.70. The number of carbonyl (C=O) groups is 1. The van der Waals surface area contributed by atoms with Crippen LogP contribution in [0.15, 0.2) is 29.2 Å². The zero-order valence-corrected chi connectivity index (χ0v) is 17.4. The second kappa shape index (κ2) is 10.8.